The van der Waals surface area contributed by atoms with Gasteiger partial charge in [0.15, 0.2) is 5.78 Å². The Morgan fingerprint density at radius 3 is 2.76 bits per heavy atom. The van der Waals surface area contributed by atoms with E-state index >= 15 is 0 Å². The first-order chi connectivity index (χ1) is 12.2. The van der Waals surface area contributed by atoms with Gasteiger partial charge in [0.25, 0.3) is 0 Å². The van der Waals surface area contributed by atoms with Gasteiger partial charge in [-0.15, -0.1) is 0 Å². The van der Waals surface area contributed by atoms with Gasteiger partial charge in [0, 0.05) is 18.5 Å². The lowest BCUT2D eigenvalue weighted by Crippen LogP contribution is -2.40. The van der Waals surface area contributed by atoms with Crippen LogP contribution in [0.5, 0.6) is 5.75 Å². The number of fused-ring (bicyclic) bond motifs is 1. The minimum Gasteiger partial charge on any atom is -0.508 e. The number of nitrogens with zero attached hydrogens (tertiary/aromatic N) is 3. The Labute approximate surface area is 145 Å². The van der Waals surface area contributed by atoms with Crippen LogP contribution in [-0.4, -0.2) is 41.2 Å². The van der Waals surface area contributed by atoms with Crippen molar-refractivity contribution in [3.8, 4) is 5.75 Å². The number of aliphatic imine (C=N–C) groups is 1. The number of rotatable bonds is 3. The third-order valence-corrected chi connectivity index (χ3v) is 4.41. The number of carbonyl (C=O) groups is 1. The van der Waals surface area contributed by atoms with Crippen molar-refractivity contribution in [2.75, 3.05) is 13.1 Å². The van der Waals surface area contributed by atoms with Gasteiger partial charge in [-0.1, -0.05) is 24.3 Å². The molecule has 25 heavy (non-hydrogen) atoms. The minimum atomic E-state index is -0.216. The van der Waals surface area contributed by atoms with E-state index in [1.807, 2.05) is 24.3 Å². The first-order valence-electron chi connectivity index (χ1n) is 8.25. The molecule has 6 nitrogen and oxygen atoms in total. The van der Waals surface area contributed by atoms with E-state index in [-0.39, 0.29) is 24.0 Å². The second-order valence-corrected chi connectivity index (χ2v) is 6.04. The van der Waals surface area contributed by atoms with Crippen molar-refractivity contribution in [3.05, 3.63) is 65.2 Å². The second kappa shape index (κ2) is 6.39. The molecule has 0 aliphatic carbocycles. The van der Waals surface area contributed by atoms with Gasteiger partial charge >= 0.3 is 0 Å². The van der Waals surface area contributed by atoms with Crippen LogP contribution in [0.25, 0.3) is 0 Å². The average Bonchev–Trinajstić information content (AvgIpc) is 3.17. The molecule has 6 heteroatoms. The highest BCUT2D eigenvalue weighted by Crippen LogP contribution is 2.32. The summed E-state index contributed by atoms with van der Waals surface area (Å²) in [6, 6.07) is 14.1. The van der Waals surface area contributed by atoms with E-state index in [0.717, 1.165) is 17.7 Å². The normalized spacial score (nSPS) is 18.5. The quantitative estimate of drug-likeness (QED) is 0.845. The van der Waals surface area contributed by atoms with Crippen LogP contribution in [-0.2, 0) is 0 Å². The van der Waals surface area contributed by atoms with Crippen molar-refractivity contribution in [3.63, 3.8) is 0 Å². The van der Waals surface area contributed by atoms with Gasteiger partial charge in [-0.05, 0) is 35.4 Å². The monoisotopic (exact) mass is 334 g/mol. The van der Waals surface area contributed by atoms with Crippen LogP contribution in [0.1, 0.15) is 33.9 Å². The molecular weight excluding hydrogens is 316 g/mol. The average molecular weight is 334 g/mol. The Hall–Kier alpha value is -3.15. The number of ketones is 1. The Morgan fingerprint density at radius 1 is 1.20 bits per heavy atom. The molecule has 2 aromatic carbocycles. The van der Waals surface area contributed by atoms with Crippen LogP contribution in [0.15, 0.2) is 58.6 Å². The van der Waals surface area contributed by atoms with Crippen LogP contribution in [0.2, 0.25) is 0 Å². The van der Waals surface area contributed by atoms with Crippen LogP contribution >= 0.6 is 0 Å². The zero-order valence-electron chi connectivity index (χ0n) is 13.6. The summed E-state index contributed by atoms with van der Waals surface area (Å²) in [6.45, 7) is 1.49. The number of guanidine groups is 1. The number of hydrazone groups is 1. The Morgan fingerprint density at radius 2 is 2.00 bits per heavy atom. The first-order valence-corrected chi connectivity index (χ1v) is 8.25. The molecule has 126 valence electrons. The maximum atomic E-state index is 12.8. The molecule has 0 bridgehead atoms. The number of phenolic OH excluding ortho intramolecular Hbond substituents is 1. The number of hydrogen-bond donors (Lipinski definition) is 2. The van der Waals surface area contributed by atoms with Crippen molar-refractivity contribution in [2.24, 2.45) is 10.1 Å². The lowest BCUT2D eigenvalue weighted by molar-refractivity contribution is 0.0948. The molecule has 0 spiro atoms. The number of nitrogens with one attached hydrogen (secondary N) is 1. The van der Waals surface area contributed by atoms with E-state index in [2.05, 4.69) is 15.4 Å². The molecule has 2 heterocycles. The molecule has 2 aliphatic rings. The molecule has 4 rings (SSSR count). The highest BCUT2D eigenvalue weighted by Gasteiger charge is 2.31. The van der Waals surface area contributed by atoms with Gasteiger partial charge in [0.1, 0.15) is 5.75 Å². The molecule has 0 aromatic heterocycles. The molecule has 1 unspecified atom stereocenters. The summed E-state index contributed by atoms with van der Waals surface area (Å²) in [4.78, 5) is 17.2. The van der Waals surface area contributed by atoms with E-state index in [4.69, 9.17) is 0 Å². The maximum absolute atomic E-state index is 12.8. The predicted molar refractivity (Wildman–Crippen MR) is 96.0 cm³/mol. The molecule has 0 amide bonds. The Kier molecular flexibility index (Phi) is 3.93. The highest BCUT2D eigenvalue weighted by molar-refractivity contribution is 5.98. The van der Waals surface area contributed by atoms with Crippen molar-refractivity contribution < 1.29 is 9.90 Å². The summed E-state index contributed by atoms with van der Waals surface area (Å²) >= 11 is 0. The standard InChI is InChI=1S/C19H18N4O2/c24-15-7-5-13(6-8-15)18(25)11-17-16-4-2-1-3-14(16)12-22-23(17)19-20-9-10-21-19/h1-8,12,17,24H,9-11H2,(H,20,21). The summed E-state index contributed by atoms with van der Waals surface area (Å²) in [7, 11) is 0. The molecule has 2 N–H and O–H groups in total. The molecule has 2 aromatic rings. The minimum absolute atomic E-state index is 0.000463. The zero-order chi connectivity index (χ0) is 17.2. The fourth-order valence-corrected chi connectivity index (χ4v) is 3.15. The van der Waals surface area contributed by atoms with Crippen LogP contribution in [0.4, 0.5) is 0 Å². The van der Waals surface area contributed by atoms with Crippen molar-refractivity contribution in [2.45, 2.75) is 12.5 Å². The summed E-state index contributed by atoms with van der Waals surface area (Å²) in [5, 5.41) is 19.0. The topological polar surface area (TPSA) is 77.3 Å². The summed E-state index contributed by atoms with van der Waals surface area (Å²) in [5.41, 5.74) is 2.65. The van der Waals surface area contributed by atoms with Crippen LogP contribution in [0.3, 0.4) is 0 Å². The fraction of sp³-hybridized carbons (Fsp3) is 0.211. The van der Waals surface area contributed by atoms with E-state index in [1.54, 1.807) is 23.4 Å². The summed E-state index contributed by atoms with van der Waals surface area (Å²) in [5.74, 6) is 0.852. The number of Topliss-reactive ketones (excluding diaryl/α,β-unsaturated/α-hetero) is 1. The van der Waals surface area contributed by atoms with Gasteiger partial charge < -0.3 is 10.4 Å². The van der Waals surface area contributed by atoms with Gasteiger partial charge in [-0.25, -0.2) is 10.0 Å². The smallest absolute Gasteiger partial charge is 0.215 e. The van der Waals surface area contributed by atoms with E-state index in [9.17, 15) is 9.90 Å². The molecule has 0 saturated carbocycles. The fourth-order valence-electron chi connectivity index (χ4n) is 3.15. The van der Waals surface area contributed by atoms with E-state index in [1.165, 1.54) is 12.1 Å². The van der Waals surface area contributed by atoms with Crippen molar-refractivity contribution >= 4 is 18.0 Å². The summed E-state index contributed by atoms with van der Waals surface area (Å²) in [6.07, 6.45) is 2.08. The van der Waals surface area contributed by atoms with E-state index in [0.29, 0.717) is 18.1 Å². The van der Waals surface area contributed by atoms with Gasteiger partial charge in [-0.2, -0.15) is 5.10 Å². The summed E-state index contributed by atoms with van der Waals surface area (Å²) < 4.78 is 0. The first kappa shape index (κ1) is 15.4. The molecule has 1 atom stereocenters. The van der Waals surface area contributed by atoms with Crippen molar-refractivity contribution in [1.82, 2.24) is 10.3 Å². The van der Waals surface area contributed by atoms with Crippen molar-refractivity contribution in [1.29, 1.82) is 0 Å². The number of benzene rings is 2. The number of phenols is 1. The predicted octanol–water partition coefficient (Wildman–Crippen LogP) is 2.32. The molecule has 0 fully saturated rings. The SMILES string of the molecule is O=C(CC1c2ccccc2C=NN1C1=NCCN1)c1ccc(O)cc1. The Bertz CT molecular complexity index is 858. The van der Waals surface area contributed by atoms with Crippen LogP contribution in [0, 0.1) is 0 Å². The molecule has 0 radical (unpaired) electrons. The maximum Gasteiger partial charge on any atom is 0.215 e. The number of hydrogen-bond acceptors (Lipinski definition) is 6. The van der Waals surface area contributed by atoms with Gasteiger partial charge in [0.05, 0.1) is 18.8 Å². The largest absolute Gasteiger partial charge is 0.508 e. The van der Waals surface area contributed by atoms with Crippen LogP contribution < -0.4 is 5.32 Å². The third-order valence-electron chi connectivity index (χ3n) is 4.41. The lowest BCUT2D eigenvalue weighted by Gasteiger charge is -2.32. The molecule has 0 saturated heterocycles. The van der Waals surface area contributed by atoms with Gasteiger partial charge in [0.2, 0.25) is 5.96 Å². The number of carbonyl (C=O) groups excluding carboxylic acids is 1. The highest BCUT2D eigenvalue weighted by atomic mass is 16.3. The second-order valence-electron chi connectivity index (χ2n) is 6.04. The Balaban J connectivity index is 1.66. The lowest BCUT2D eigenvalue weighted by atomic mass is 9.93. The third kappa shape index (κ3) is 2.98. The molecule has 2 aliphatic heterocycles. The number of aromatic hydroxyl groups is 1. The molecular formula is C19H18N4O2. The van der Waals surface area contributed by atoms with E-state index < -0.39 is 0 Å². The zero-order valence-corrected chi connectivity index (χ0v) is 13.6. The van der Waals surface area contributed by atoms with Gasteiger partial charge in [-0.3, -0.25) is 4.79 Å².